The zero-order valence-corrected chi connectivity index (χ0v) is 6.28. The van der Waals surface area contributed by atoms with Crippen molar-refractivity contribution in [2.45, 2.75) is 6.92 Å². The van der Waals surface area contributed by atoms with Crippen LogP contribution in [0.2, 0.25) is 0 Å². The minimum absolute atomic E-state index is 0.684. The summed E-state index contributed by atoms with van der Waals surface area (Å²) in [5, 5.41) is 0. The van der Waals surface area contributed by atoms with Gasteiger partial charge in [-0.05, 0) is 18.6 Å². The topological polar surface area (TPSA) is 43.3 Å². The number of aromatic nitrogens is 2. The molecule has 0 atom stereocenters. The lowest BCUT2D eigenvalue weighted by Crippen LogP contribution is -1.92. The van der Waals surface area contributed by atoms with Crippen LogP contribution in [0.25, 0.3) is 5.65 Å². The van der Waals surface area contributed by atoms with E-state index in [1.807, 2.05) is 29.7 Å². The lowest BCUT2D eigenvalue weighted by Gasteiger charge is -1.96. The molecule has 3 nitrogen and oxygen atoms in total. The molecule has 0 saturated heterocycles. The van der Waals surface area contributed by atoms with Crippen LogP contribution in [-0.2, 0) is 0 Å². The third-order valence-electron chi connectivity index (χ3n) is 1.76. The number of pyridine rings is 1. The molecule has 2 aromatic heterocycles. The van der Waals surface area contributed by atoms with E-state index in [0.717, 1.165) is 11.2 Å². The predicted molar refractivity (Wildman–Crippen MR) is 44.3 cm³/mol. The fraction of sp³-hybridized carbons (Fsp3) is 0.125. The molecule has 0 aromatic carbocycles. The van der Waals surface area contributed by atoms with Gasteiger partial charge in [0.1, 0.15) is 11.5 Å². The molecule has 0 unspecified atom stereocenters. The van der Waals surface area contributed by atoms with Gasteiger partial charge >= 0.3 is 0 Å². The van der Waals surface area contributed by atoms with Gasteiger partial charge in [0.15, 0.2) is 0 Å². The molecule has 0 aliphatic heterocycles. The first-order valence-electron chi connectivity index (χ1n) is 3.47. The van der Waals surface area contributed by atoms with Crippen molar-refractivity contribution in [3.05, 3.63) is 30.1 Å². The van der Waals surface area contributed by atoms with Crippen molar-refractivity contribution in [2.75, 3.05) is 5.73 Å². The van der Waals surface area contributed by atoms with Crippen LogP contribution in [0.15, 0.2) is 24.5 Å². The predicted octanol–water partition coefficient (Wildman–Crippen LogP) is 1.22. The summed E-state index contributed by atoms with van der Waals surface area (Å²) in [7, 11) is 0. The molecule has 2 aromatic rings. The van der Waals surface area contributed by atoms with Gasteiger partial charge in [-0.2, -0.15) is 0 Å². The molecule has 2 rings (SSSR count). The second-order valence-corrected chi connectivity index (χ2v) is 2.57. The highest BCUT2D eigenvalue weighted by atomic mass is 15.1. The van der Waals surface area contributed by atoms with Crippen molar-refractivity contribution in [2.24, 2.45) is 0 Å². The molecule has 2 N–H and O–H groups in total. The molecule has 0 amide bonds. The van der Waals surface area contributed by atoms with Crippen molar-refractivity contribution in [1.29, 1.82) is 0 Å². The van der Waals surface area contributed by atoms with E-state index in [4.69, 9.17) is 5.73 Å². The van der Waals surface area contributed by atoms with Gasteiger partial charge in [0, 0.05) is 6.20 Å². The van der Waals surface area contributed by atoms with Crippen molar-refractivity contribution >= 4 is 11.5 Å². The molecular weight excluding hydrogens is 138 g/mol. The number of imidazole rings is 1. The maximum absolute atomic E-state index is 5.65. The summed E-state index contributed by atoms with van der Waals surface area (Å²) in [5.74, 6) is 0.684. The molecule has 3 heteroatoms. The molecule has 0 bridgehead atoms. The second kappa shape index (κ2) is 1.99. The summed E-state index contributed by atoms with van der Waals surface area (Å²) < 4.78 is 1.87. The molecule has 2 heterocycles. The summed E-state index contributed by atoms with van der Waals surface area (Å²) in [6.07, 6.45) is 3.58. The number of anilines is 1. The quantitative estimate of drug-likeness (QED) is 0.609. The third-order valence-corrected chi connectivity index (χ3v) is 1.76. The van der Waals surface area contributed by atoms with Crippen LogP contribution in [0.1, 0.15) is 5.56 Å². The minimum Gasteiger partial charge on any atom is -0.383 e. The maximum atomic E-state index is 5.65. The van der Waals surface area contributed by atoms with Crippen molar-refractivity contribution in [3.8, 4) is 0 Å². The molecular formula is C8H9N3. The average molecular weight is 147 g/mol. The van der Waals surface area contributed by atoms with Gasteiger partial charge < -0.3 is 5.73 Å². The fourth-order valence-corrected chi connectivity index (χ4v) is 1.17. The van der Waals surface area contributed by atoms with E-state index < -0.39 is 0 Å². The van der Waals surface area contributed by atoms with Crippen LogP contribution in [0.5, 0.6) is 0 Å². The zero-order chi connectivity index (χ0) is 7.84. The van der Waals surface area contributed by atoms with Crippen molar-refractivity contribution in [3.63, 3.8) is 0 Å². The summed E-state index contributed by atoms with van der Waals surface area (Å²) in [5.41, 5.74) is 7.72. The Morgan fingerprint density at radius 1 is 1.55 bits per heavy atom. The molecule has 0 saturated carbocycles. The molecule has 0 aliphatic carbocycles. The third kappa shape index (κ3) is 0.774. The molecule has 11 heavy (non-hydrogen) atoms. The van der Waals surface area contributed by atoms with Gasteiger partial charge in [-0.25, -0.2) is 4.98 Å². The lowest BCUT2D eigenvalue weighted by atomic mass is 10.3. The Balaban J connectivity index is 2.94. The fourth-order valence-electron chi connectivity index (χ4n) is 1.17. The van der Waals surface area contributed by atoms with Gasteiger partial charge in [-0.3, -0.25) is 4.40 Å². The van der Waals surface area contributed by atoms with Gasteiger partial charge in [-0.1, -0.05) is 6.07 Å². The summed E-state index contributed by atoms with van der Waals surface area (Å²) in [6.45, 7) is 2.02. The first-order chi connectivity index (χ1) is 5.29. The van der Waals surface area contributed by atoms with E-state index in [1.54, 1.807) is 6.20 Å². The Bertz CT molecular complexity index is 389. The van der Waals surface area contributed by atoms with Gasteiger partial charge in [0.05, 0.1) is 6.20 Å². The largest absolute Gasteiger partial charge is 0.383 e. The highest BCUT2D eigenvalue weighted by molar-refractivity contribution is 5.53. The summed E-state index contributed by atoms with van der Waals surface area (Å²) in [6, 6.07) is 3.97. The van der Waals surface area contributed by atoms with Crippen molar-refractivity contribution in [1.82, 2.24) is 9.38 Å². The number of nitrogens with two attached hydrogens (primary N) is 1. The summed E-state index contributed by atoms with van der Waals surface area (Å²) >= 11 is 0. The van der Waals surface area contributed by atoms with E-state index in [-0.39, 0.29) is 0 Å². The zero-order valence-electron chi connectivity index (χ0n) is 6.28. The molecule has 0 spiro atoms. The van der Waals surface area contributed by atoms with E-state index >= 15 is 0 Å². The van der Waals surface area contributed by atoms with Crippen LogP contribution in [0, 0.1) is 6.92 Å². The SMILES string of the molecule is Cc1cccn2c(N)cnc12. The second-order valence-electron chi connectivity index (χ2n) is 2.57. The normalized spacial score (nSPS) is 10.6. The van der Waals surface area contributed by atoms with Crippen molar-refractivity contribution < 1.29 is 0 Å². The Kier molecular flexibility index (Phi) is 1.12. The number of nitrogen functional groups attached to an aromatic ring is 1. The average Bonchev–Trinajstić information content (AvgIpc) is 2.35. The van der Waals surface area contributed by atoms with Gasteiger partial charge in [0.2, 0.25) is 0 Å². The Hall–Kier alpha value is -1.51. The number of hydrogen-bond donors (Lipinski definition) is 1. The number of aryl methyl sites for hydroxylation is 1. The Labute approximate surface area is 64.5 Å². The monoisotopic (exact) mass is 147 g/mol. The van der Waals surface area contributed by atoms with Crippen LogP contribution in [0.4, 0.5) is 5.82 Å². The van der Waals surface area contributed by atoms with E-state index in [9.17, 15) is 0 Å². The number of hydrogen-bond acceptors (Lipinski definition) is 2. The van der Waals surface area contributed by atoms with Crippen LogP contribution >= 0.6 is 0 Å². The van der Waals surface area contributed by atoms with E-state index in [2.05, 4.69) is 4.98 Å². The standard InChI is InChI=1S/C8H9N3/c1-6-3-2-4-11-7(9)5-10-8(6)11/h2-5H,9H2,1H3. The van der Waals surface area contributed by atoms with Crippen LogP contribution in [0.3, 0.4) is 0 Å². The number of nitrogens with zero attached hydrogens (tertiary/aromatic N) is 2. The Morgan fingerprint density at radius 3 is 3.09 bits per heavy atom. The smallest absolute Gasteiger partial charge is 0.141 e. The molecule has 0 radical (unpaired) electrons. The minimum atomic E-state index is 0.684. The highest BCUT2D eigenvalue weighted by Crippen LogP contribution is 2.11. The first-order valence-corrected chi connectivity index (χ1v) is 3.47. The van der Waals surface area contributed by atoms with E-state index in [0.29, 0.717) is 5.82 Å². The highest BCUT2D eigenvalue weighted by Gasteiger charge is 1.99. The van der Waals surface area contributed by atoms with Gasteiger partial charge in [-0.15, -0.1) is 0 Å². The number of rotatable bonds is 0. The summed E-state index contributed by atoms with van der Waals surface area (Å²) in [4.78, 5) is 4.16. The van der Waals surface area contributed by atoms with Crippen LogP contribution in [-0.4, -0.2) is 9.38 Å². The molecule has 0 aliphatic rings. The first kappa shape index (κ1) is 6.22. The number of fused-ring (bicyclic) bond motifs is 1. The van der Waals surface area contributed by atoms with Gasteiger partial charge in [0.25, 0.3) is 0 Å². The lowest BCUT2D eigenvalue weighted by molar-refractivity contribution is 1.17. The Morgan fingerprint density at radius 2 is 2.36 bits per heavy atom. The molecule has 0 fully saturated rings. The van der Waals surface area contributed by atoms with E-state index in [1.165, 1.54) is 0 Å². The van der Waals surface area contributed by atoms with Crippen LogP contribution < -0.4 is 5.73 Å². The molecule has 56 valence electrons. The maximum Gasteiger partial charge on any atom is 0.141 e.